The number of carbonyl (C=O) groups excluding carboxylic acids is 2. The summed E-state index contributed by atoms with van der Waals surface area (Å²) in [6.07, 6.45) is 4.14. The fourth-order valence-electron chi connectivity index (χ4n) is 3.82. The van der Waals surface area contributed by atoms with E-state index >= 15 is 0 Å². The number of halogens is 1. The van der Waals surface area contributed by atoms with Gasteiger partial charge in [-0.1, -0.05) is 0 Å². The number of hydrogen-bond donors (Lipinski definition) is 3. The number of nitrogens with zero attached hydrogens (tertiary/aromatic N) is 1. The molecule has 0 aromatic heterocycles. The molecular weight excluding hydrogens is 380 g/mol. The molecule has 0 saturated carbocycles. The van der Waals surface area contributed by atoms with Crippen LogP contribution < -0.4 is 20.7 Å². The van der Waals surface area contributed by atoms with Gasteiger partial charge < -0.3 is 20.7 Å². The van der Waals surface area contributed by atoms with E-state index in [0.29, 0.717) is 19.0 Å². The molecule has 2 atom stereocenters. The Bertz CT molecular complexity index is 635. The van der Waals surface area contributed by atoms with Gasteiger partial charge in [0.2, 0.25) is 11.8 Å². The summed E-state index contributed by atoms with van der Waals surface area (Å²) in [6, 6.07) is 7.30. The normalized spacial score (nSPS) is 22.2. The number of nitrogens with one attached hydrogen (secondary N) is 3. The Morgan fingerprint density at radius 2 is 2.00 bits per heavy atom. The zero-order valence-electron chi connectivity index (χ0n) is 16.4. The maximum atomic E-state index is 12.3. The van der Waals surface area contributed by atoms with Crippen LogP contribution in [-0.2, 0) is 9.59 Å². The van der Waals surface area contributed by atoms with E-state index < -0.39 is 0 Å². The largest absolute Gasteiger partial charge is 0.497 e. The highest BCUT2D eigenvalue weighted by Crippen LogP contribution is 2.17. The number of ether oxygens (including phenoxy) is 1. The summed E-state index contributed by atoms with van der Waals surface area (Å²) in [5.74, 6) is 1.27. The molecule has 2 saturated heterocycles. The molecule has 2 fully saturated rings. The van der Waals surface area contributed by atoms with E-state index in [2.05, 4.69) is 20.9 Å². The Morgan fingerprint density at radius 1 is 1.21 bits per heavy atom. The first-order chi connectivity index (χ1) is 13.1. The molecule has 1 aromatic rings. The molecule has 2 amide bonds. The van der Waals surface area contributed by atoms with Gasteiger partial charge in [-0.2, -0.15) is 0 Å². The minimum Gasteiger partial charge on any atom is -0.497 e. The molecule has 2 aliphatic heterocycles. The van der Waals surface area contributed by atoms with E-state index in [1.807, 2.05) is 24.3 Å². The van der Waals surface area contributed by atoms with Crippen molar-refractivity contribution in [2.24, 2.45) is 5.92 Å². The molecular formula is C20H31ClN4O3. The number of methoxy groups -OCH3 is 1. The molecule has 2 unspecified atom stereocenters. The van der Waals surface area contributed by atoms with Gasteiger partial charge in [0.1, 0.15) is 5.75 Å². The molecule has 0 spiro atoms. The lowest BCUT2D eigenvalue weighted by molar-refractivity contribution is -0.123. The number of amides is 2. The molecule has 7 nitrogen and oxygen atoms in total. The summed E-state index contributed by atoms with van der Waals surface area (Å²) in [5.41, 5.74) is 0.769. The number of benzene rings is 1. The minimum atomic E-state index is -0.0278. The van der Waals surface area contributed by atoms with Crippen LogP contribution in [0.2, 0.25) is 0 Å². The van der Waals surface area contributed by atoms with Gasteiger partial charge in [0.05, 0.1) is 19.7 Å². The van der Waals surface area contributed by atoms with Gasteiger partial charge in [-0.05, 0) is 69.0 Å². The first-order valence-electron chi connectivity index (χ1n) is 9.81. The monoisotopic (exact) mass is 410 g/mol. The Morgan fingerprint density at radius 3 is 2.68 bits per heavy atom. The Labute approximate surface area is 173 Å². The maximum Gasteiger partial charge on any atom is 0.238 e. The molecule has 156 valence electrons. The fraction of sp³-hybridized carbons (Fsp3) is 0.600. The number of piperidine rings is 1. The zero-order chi connectivity index (χ0) is 19.1. The van der Waals surface area contributed by atoms with Crippen LogP contribution in [0.4, 0.5) is 5.69 Å². The summed E-state index contributed by atoms with van der Waals surface area (Å²) < 4.78 is 5.12. The smallest absolute Gasteiger partial charge is 0.238 e. The van der Waals surface area contributed by atoms with E-state index in [9.17, 15) is 9.59 Å². The lowest BCUT2D eigenvalue weighted by atomic mass is 9.98. The van der Waals surface area contributed by atoms with Crippen LogP contribution in [0.25, 0.3) is 0 Å². The SMILES string of the molecule is COc1ccc(NC(=O)CN2CCCC(CNC(=O)C3CCCN3)C2)cc1.Cl. The Hall–Kier alpha value is -1.83. The molecule has 1 aromatic carbocycles. The molecule has 0 aliphatic carbocycles. The maximum absolute atomic E-state index is 12.3. The van der Waals surface area contributed by atoms with Crippen molar-refractivity contribution >= 4 is 29.9 Å². The summed E-state index contributed by atoms with van der Waals surface area (Å²) in [4.78, 5) is 26.6. The van der Waals surface area contributed by atoms with Gasteiger partial charge in [0.15, 0.2) is 0 Å². The summed E-state index contributed by atoms with van der Waals surface area (Å²) in [6.45, 7) is 3.76. The molecule has 2 heterocycles. The molecule has 3 N–H and O–H groups in total. The Kier molecular flexibility index (Phi) is 9.02. The van der Waals surface area contributed by atoms with E-state index in [1.165, 1.54) is 0 Å². The van der Waals surface area contributed by atoms with Gasteiger partial charge in [0, 0.05) is 18.8 Å². The minimum absolute atomic E-state index is 0. The summed E-state index contributed by atoms with van der Waals surface area (Å²) >= 11 is 0. The molecule has 28 heavy (non-hydrogen) atoms. The first kappa shape index (κ1) is 22.5. The van der Waals surface area contributed by atoms with Crippen LogP contribution in [0, 0.1) is 5.92 Å². The van der Waals surface area contributed by atoms with Gasteiger partial charge in [0.25, 0.3) is 0 Å². The average Bonchev–Trinajstić information content (AvgIpc) is 3.22. The van der Waals surface area contributed by atoms with Crippen LogP contribution >= 0.6 is 12.4 Å². The number of carbonyl (C=O) groups is 2. The van der Waals surface area contributed by atoms with E-state index in [1.54, 1.807) is 7.11 Å². The van der Waals surface area contributed by atoms with Gasteiger partial charge >= 0.3 is 0 Å². The molecule has 0 bridgehead atoms. The van der Waals surface area contributed by atoms with Crippen molar-refractivity contribution in [2.75, 3.05) is 45.2 Å². The van der Waals surface area contributed by atoms with Crippen LogP contribution in [0.3, 0.4) is 0 Å². The third-order valence-electron chi connectivity index (χ3n) is 5.29. The molecule has 0 radical (unpaired) electrons. The second kappa shape index (κ2) is 11.2. The van der Waals surface area contributed by atoms with Crippen molar-refractivity contribution in [3.63, 3.8) is 0 Å². The highest BCUT2D eigenvalue weighted by Gasteiger charge is 2.25. The second-order valence-electron chi connectivity index (χ2n) is 7.41. The quantitative estimate of drug-likeness (QED) is 0.636. The van der Waals surface area contributed by atoms with E-state index in [-0.39, 0.29) is 30.3 Å². The zero-order valence-corrected chi connectivity index (χ0v) is 17.2. The van der Waals surface area contributed by atoms with Crippen molar-refractivity contribution in [1.29, 1.82) is 0 Å². The van der Waals surface area contributed by atoms with Crippen LogP contribution in [0.1, 0.15) is 25.7 Å². The van der Waals surface area contributed by atoms with Crippen LogP contribution in [-0.4, -0.2) is 62.6 Å². The predicted octanol–water partition coefficient (Wildman–Crippen LogP) is 1.64. The molecule has 2 aliphatic rings. The highest BCUT2D eigenvalue weighted by atomic mass is 35.5. The lowest BCUT2D eigenvalue weighted by Crippen LogP contribution is -2.46. The topological polar surface area (TPSA) is 82.7 Å². The van der Waals surface area contributed by atoms with Gasteiger partial charge in [-0.25, -0.2) is 0 Å². The van der Waals surface area contributed by atoms with Crippen molar-refractivity contribution < 1.29 is 14.3 Å². The molecule has 3 rings (SSSR count). The number of rotatable bonds is 7. The van der Waals surface area contributed by atoms with Crippen LogP contribution in [0.15, 0.2) is 24.3 Å². The van der Waals surface area contributed by atoms with Gasteiger partial charge in [-0.15, -0.1) is 12.4 Å². The van der Waals surface area contributed by atoms with Crippen molar-refractivity contribution in [3.8, 4) is 5.75 Å². The molecule has 8 heteroatoms. The second-order valence-corrected chi connectivity index (χ2v) is 7.41. The van der Waals surface area contributed by atoms with Crippen molar-refractivity contribution in [1.82, 2.24) is 15.5 Å². The summed E-state index contributed by atoms with van der Waals surface area (Å²) in [5, 5.41) is 9.23. The number of likely N-dealkylation sites (tertiary alicyclic amines) is 1. The van der Waals surface area contributed by atoms with Crippen molar-refractivity contribution in [2.45, 2.75) is 31.7 Å². The Balaban J connectivity index is 0.00000280. The predicted molar refractivity (Wildman–Crippen MR) is 112 cm³/mol. The lowest BCUT2D eigenvalue weighted by Gasteiger charge is -2.32. The summed E-state index contributed by atoms with van der Waals surface area (Å²) in [7, 11) is 1.62. The number of anilines is 1. The van der Waals surface area contributed by atoms with Gasteiger partial charge in [-0.3, -0.25) is 14.5 Å². The number of hydrogen-bond acceptors (Lipinski definition) is 5. The fourth-order valence-corrected chi connectivity index (χ4v) is 3.82. The standard InChI is InChI=1S/C20H30N4O3.ClH/c1-27-17-8-6-16(7-9-17)23-19(25)14-24-11-3-4-15(13-24)12-22-20(26)18-5-2-10-21-18;/h6-9,15,18,21H,2-5,10-14H2,1H3,(H,22,26)(H,23,25);1H. The third-order valence-corrected chi connectivity index (χ3v) is 5.29. The first-order valence-corrected chi connectivity index (χ1v) is 9.81. The van der Waals surface area contributed by atoms with E-state index in [4.69, 9.17) is 4.74 Å². The van der Waals surface area contributed by atoms with Crippen molar-refractivity contribution in [3.05, 3.63) is 24.3 Å². The highest BCUT2D eigenvalue weighted by molar-refractivity contribution is 5.92. The van der Waals surface area contributed by atoms with Crippen LogP contribution in [0.5, 0.6) is 5.75 Å². The van der Waals surface area contributed by atoms with E-state index in [0.717, 1.165) is 56.8 Å². The average molecular weight is 411 g/mol. The third kappa shape index (κ3) is 6.65.